The van der Waals surface area contributed by atoms with Crippen molar-refractivity contribution in [3.05, 3.63) is 12.7 Å². The largest absolute Gasteiger partial charge is 0.463 e. The molecule has 2 aromatic heterocycles. The standard InChI is InChI=1S/C9H9FN4O2S/c1-2-16-9(15)6(10)17-8-5-7(12-3-11-5)13-4-14-8/h3-4,6H,2H2,1H3,(H,11,12,13,14). The van der Waals surface area contributed by atoms with Crippen LogP contribution in [0.4, 0.5) is 4.39 Å². The molecule has 0 aliphatic heterocycles. The van der Waals surface area contributed by atoms with Crippen LogP contribution in [0, 0.1) is 0 Å². The van der Waals surface area contributed by atoms with Gasteiger partial charge < -0.3 is 9.72 Å². The van der Waals surface area contributed by atoms with Crippen molar-refractivity contribution in [2.75, 3.05) is 6.61 Å². The summed E-state index contributed by atoms with van der Waals surface area (Å²) in [6.07, 6.45) is 2.70. The molecule has 90 valence electrons. The summed E-state index contributed by atoms with van der Waals surface area (Å²) in [7, 11) is 0. The Morgan fingerprint density at radius 3 is 3.18 bits per heavy atom. The van der Waals surface area contributed by atoms with Crippen LogP contribution in [0.5, 0.6) is 0 Å². The number of halogens is 1. The highest BCUT2D eigenvalue weighted by molar-refractivity contribution is 8.00. The van der Waals surface area contributed by atoms with Crippen LogP contribution in [-0.4, -0.2) is 38.0 Å². The first kappa shape index (κ1) is 11.8. The van der Waals surface area contributed by atoms with Gasteiger partial charge in [-0.05, 0) is 6.92 Å². The Labute approximate surface area is 100 Å². The molecule has 0 aliphatic rings. The van der Waals surface area contributed by atoms with Gasteiger partial charge in [0, 0.05) is 0 Å². The Kier molecular flexibility index (Phi) is 3.52. The minimum atomic E-state index is -1.81. The number of aromatic nitrogens is 4. The maximum absolute atomic E-state index is 13.5. The van der Waals surface area contributed by atoms with E-state index in [2.05, 4.69) is 24.7 Å². The number of carbonyl (C=O) groups is 1. The van der Waals surface area contributed by atoms with Gasteiger partial charge in [0.15, 0.2) is 5.65 Å². The lowest BCUT2D eigenvalue weighted by Gasteiger charge is -2.06. The molecular formula is C9H9FN4O2S. The monoisotopic (exact) mass is 256 g/mol. The van der Waals surface area contributed by atoms with Crippen LogP contribution in [0.15, 0.2) is 17.7 Å². The quantitative estimate of drug-likeness (QED) is 0.504. The second kappa shape index (κ2) is 5.09. The number of imidazole rings is 1. The van der Waals surface area contributed by atoms with E-state index in [1.807, 2.05) is 0 Å². The van der Waals surface area contributed by atoms with Crippen molar-refractivity contribution in [3.63, 3.8) is 0 Å². The van der Waals surface area contributed by atoms with E-state index in [0.29, 0.717) is 28.0 Å². The molecule has 0 bridgehead atoms. The lowest BCUT2D eigenvalue weighted by atomic mass is 10.6. The van der Waals surface area contributed by atoms with E-state index in [1.165, 1.54) is 12.7 Å². The van der Waals surface area contributed by atoms with Crippen LogP contribution in [0.3, 0.4) is 0 Å². The maximum Gasteiger partial charge on any atom is 0.351 e. The van der Waals surface area contributed by atoms with Crippen molar-refractivity contribution >= 4 is 28.9 Å². The van der Waals surface area contributed by atoms with Crippen LogP contribution in [-0.2, 0) is 9.53 Å². The number of alkyl halides is 1. The average Bonchev–Trinajstić information content (AvgIpc) is 2.78. The van der Waals surface area contributed by atoms with Gasteiger partial charge in [0.1, 0.15) is 16.9 Å². The lowest BCUT2D eigenvalue weighted by molar-refractivity contribution is -0.145. The second-order valence-electron chi connectivity index (χ2n) is 2.97. The van der Waals surface area contributed by atoms with Crippen molar-refractivity contribution in [2.24, 2.45) is 0 Å². The van der Waals surface area contributed by atoms with Crippen LogP contribution in [0.1, 0.15) is 6.92 Å². The SMILES string of the molecule is CCOC(=O)C(F)Sc1ncnc2nc[nH]c12. The van der Waals surface area contributed by atoms with Gasteiger partial charge in [-0.2, -0.15) is 0 Å². The fourth-order valence-electron chi connectivity index (χ4n) is 1.19. The van der Waals surface area contributed by atoms with Gasteiger partial charge in [0.05, 0.1) is 12.9 Å². The van der Waals surface area contributed by atoms with Crippen molar-refractivity contribution in [1.82, 2.24) is 19.9 Å². The molecule has 0 spiro atoms. The fraction of sp³-hybridized carbons (Fsp3) is 0.333. The predicted molar refractivity (Wildman–Crippen MR) is 59.1 cm³/mol. The molecule has 0 saturated carbocycles. The third-order valence-electron chi connectivity index (χ3n) is 1.88. The Balaban J connectivity index is 2.18. The Morgan fingerprint density at radius 2 is 2.41 bits per heavy atom. The third-order valence-corrected chi connectivity index (χ3v) is 2.81. The summed E-state index contributed by atoms with van der Waals surface area (Å²) in [6, 6.07) is 0. The van der Waals surface area contributed by atoms with E-state index >= 15 is 0 Å². The Morgan fingerprint density at radius 1 is 1.59 bits per heavy atom. The van der Waals surface area contributed by atoms with Crippen LogP contribution in [0.2, 0.25) is 0 Å². The van der Waals surface area contributed by atoms with Gasteiger partial charge in [-0.1, -0.05) is 11.8 Å². The van der Waals surface area contributed by atoms with Crippen molar-refractivity contribution in [1.29, 1.82) is 0 Å². The zero-order valence-electron chi connectivity index (χ0n) is 8.88. The minimum absolute atomic E-state index is 0.142. The first-order valence-electron chi connectivity index (χ1n) is 4.83. The molecule has 2 aromatic rings. The number of nitrogens with one attached hydrogen (secondary N) is 1. The number of thioether (sulfide) groups is 1. The molecule has 1 unspecified atom stereocenters. The molecule has 2 heterocycles. The molecule has 1 N–H and O–H groups in total. The number of aromatic amines is 1. The number of rotatable bonds is 4. The Bertz CT molecular complexity index is 532. The molecule has 0 aliphatic carbocycles. The fourth-order valence-corrected chi connectivity index (χ4v) is 1.92. The molecule has 0 aromatic carbocycles. The van der Waals surface area contributed by atoms with Crippen LogP contribution < -0.4 is 0 Å². The summed E-state index contributed by atoms with van der Waals surface area (Å²) < 4.78 is 18.1. The summed E-state index contributed by atoms with van der Waals surface area (Å²) >= 11 is 0.662. The summed E-state index contributed by atoms with van der Waals surface area (Å²) in [4.78, 5) is 25.6. The van der Waals surface area contributed by atoms with E-state index in [0.717, 1.165) is 0 Å². The lowest BCUT2D eigenvalue weighted by Crippen LogP contribution is -2.15. The predicted octanol–water partition coefficient (Wildman–Crippen LogP) is 1.30. The number of nitrogens with zero attached hydrogens (tertiary/aromatic N) is 3. The van der Waals surface area contributed by atoms with Crippen LogP contribution in [0.25, 0.3) is 11.2 Å². The molecule has 0 amide bonds. The molecule has 0 fully saturated rings. The van der Waals surface area contributed by atoms with Gasteiger partial charge in [0.25, 0.3) is 0 Å². The Hall–Kier alpha value is -1.70. The van der Waals surface area contributed by atoms with Gasteiger partial charge in [-0.3, -0.25) is 0 Å². The summed E-state index contributed by atoms with van der Waals surface area (Å²) in [5.41, 5.74) is -0.876. The minimum Gasteiger partial charge on any atom is -0.463 e. The van der Waals surface area contributed by atoms with E-state index in [4.69, 9.17) is 0 Å². The van der Waals surface area contributed by atoms with E-state index < -0.39 is 11.5 Å². The first-order chi connectivity index (χ1) is 8.22. The molecule has 17 heavy (non-hydrogen) atoms. The molecular weight excluding hydrogens is 247 g/mol. The summed E-state index contributed by atoms with van der Waals surface area (Å²) in [5.74, 6) is -0.913. The van der Waals surface area contributed by atoms with Crippen LogP contribution >= 0.6 is 11.8 Å². The number of carbonyl (C=O) groups excluding carboxylic acids is 1. The second-order valence-corrected chi connectivity index (χ2v) is 4.00. The van der Waals surface area contributed by atoms with Crippen molar-refractivity contribution in [2.45, 2.75) is 17.5 Å². The summed E-state index contributed by atoms with van der Waals surface area (Å²) in [6.45, 7) is 1.76. The molecule has 0 saturated heterocycles. The number of fused-ring (bicyclic) bond motifs is 1. The first-order valence-corrected chi connectivity index (χ1v) is 5.71. The molecule has 8 heteroatoms. The van der Waals surface area contributed by atoms with Gasteiger partial charge in [-0.25, -0.2) is 24.1 Å². The number of hydrogen-bond acceptors (Lipinski definition) is 6. The zero-order valence-corrected chi connectivity index (χ0v) is 9.70. The number of hydrogen-bond donors (Lipinski definition) is 1. The van der Waals surface area contributed by atoms with E-state index in [1.54, 1.807) is 6.92 Å². The number of esters is 1. The normalized spacial score (nSPS) is 12.6. The van der Waals surface area contributed by atoms with Gasteiger partial charge in [-0.15, -0.1) is 0 Å². The topological polar surface area (TPSA) is 80.8 Å². The number of H-pyrrole nitrogens is 1. The highest BCUT2D eigenvalue weighted by Crippen LogP contribution is 2.27. The van der Waals surface area contributed by atoms with Gasteiger partial charge in [0.2, 0.25) is 5.50 Å². The number of ether oxygens (including phenoxy) is 1. The molecule has 0 radical (unpaired) electrons. The highest BCUT2D eigenvalue weighted by atomic mass is 32.2. The van der Waals surface area contributed by atoms with Gasteiger partial charge >= 0.3 is 5.97 Å². The van der Waals surface area contributed by atoms with Crippen molar-refractivity contribution in [3.8, 4) is 0 Å². The zero-order chi connectivity index (χ0) is 12.3. The summed E-state index contributed by atoms with van der Waals surface area (Å²) in [5, 5.41) is 0.327. The molecule has 6 nitrogen and oxygen atoms in total. The average molecular weight is 256 g/mol. The van der Waals surface area contributed by atoms with E-state index in [9.17, 15) is 9.18 Å². The maximum atomic E-state index is 13.5. The van der Waals surface area contributed by atoms with Crippen molar-refractivity contribution < 1.29 is 13.9 Å². The molecule has 1 atom stereocenters. The third kappa shape index (κ3) is 2.52. The van der Waals surface area contributed by atoms with E-state index in [-0.39, 0.29) is 6.61 Å². The molecule has 2 rings (SSSR count). The highest BCUT2D eigenvalue weighted by Gasteiger charge is 2.22. The smallest absolute Gasteiger partial charge is 0.351 e.